The summed E-state index contributed by atoms with van der Waals surface area (Å²) in [5.74, 6) is -0.387. The van der Waals surface area contributed by atoms with Gasteiger partial charge in [0.2, 0.25) is 5.91 Å². The first-order valence-corrected chi connectivity index (χ1v) is 4.50. The van der Waals surface area contributed by atoms with Crippen molar-refractivity contribution >= 4 is 11.7 Å². The lowest BCUT2D eigenvalue weighted by Crippen LogP contribution is -2.28. The second kappa shape index (κ2) is 7.26. The van der Waals surface area contributed by atoms with Crippen LogP contribution >= 0.6 is 0 Å². The normalized spacial score (nSPS) is 9.57. The summed E-state index contributed by atoms with van der Waals surface area (Å²) < 4.78 is 5.15. The fraction of sp³-hybridized carbons (Fsp3) is 0.600. The Bertz CT molecular complexity index is 223. The fourth-order valence-corrected chi connectivity index (χ4v) is 0.798. The molecule has 4 heteroatoms. The molecule has 0 atom stereocenters. The van der Waals surface area contributed by atoms with Gasteiger partial charge in [-0.2, -0.15) is 0 Å². The Kier molecular flexibility index (Phi) is 6.66. The molecule has 0 aliphatic carbocycles. The summed E-state index contributed by atoms with van der Waals surface area (Å²) in [6.45, 7) is 8.30. The van der Waals surface area contributed by atoms with E-state index in [1.807, 2.05) is 6.92 Å². The predicted molar refractivity (Wildman–Crippen MR) is 53.9 cm³/mol. The zero-order valence-corrected chi connectivity index (χ0v) is 8.76. The van der Waals surface area contributed by atoms with E-state index in [1.165, 1.54) is 6.92 Å². The van der Waals surface area contributed by atoms with Crippen LogP contribution in [-0.2, 0) is 14.3 Å². The molecule has 0 bridgehead atoms. The SMILES string of the molecule is C=C(C)COCCNC(=O)CC(C)=O. The molecule has 0 aromatic carbocycles. The summed E-state index contributed by atoms with van der Waals surface area (Å²) in [4.78, 5) is 21.5. The summed E-state index contributed by atoms with van der Waals surface area (Å²) in [5, 5.41) is 2.57. The monoisotopic (exact) mass is 199 g/mol. The number of rotatable bonds is 7. The molecule has 0 unspecified atom stereocenters. The number of carbonyl (C=O) groups excluding carboxylic acids is 2. The number of Topliss-reactive ketones (excluding diaryl/α,β-unsaturated/α-hetero) is 1. The topological polar surface area (TPSA) is 55.4 Å². The van der Waals surface area contributed by atoms with Crippen LogP contribution in [-0.4, -0.2) is 31.4 Å². The lowest BCUT2D eigenvalue weighted by molar-refractivity contribution is -0.127. The van der Waals surface area contributed by atoms with Gasteiger partial charge in [0.1, 0.15) is 5.78 Å². The smallest absolute Gasteiger partial charge is 0.227 e. The predicted octanol–water partition coefficient (Wildman–Crippen LogP) is 0.674. The van der Waals surface area contributed by atoms with Crippen LogP contribution in [0.1, 0.15) is 20.3 Å². The maximum Gasteiger partial charge on any atom is 0.227 e. The Morgan fingerprint density at radius 3 is 2.50 bits per heavy atom. The van der Waals surface area contributed by atoms with Crippen LogP contribution in [0.3, 0.4) is 0 Å². The van der Waals surface area contributed by atoms with Gasteiger partial charge >= 0.3 is 0 Å². The van der Waals surface area contributed by atoms with E-state index in [0.717, 1.165) is 5.57 Å². The molecule has 1 amide bonds. The van der Waals surface area contributed by atoms with Crippen LogP contribution in [0.4, 0.5) is 0 Å². The van der Waals surface area contributed by atoms with Gasteiger partial charge in [0, 0.05) is 6.54 Å². The highest BCUT2D eigenvalue weighted by molar-refractivity contribution is 5.96. The van der Waals surface area contributed by atoms with Crippen LogP contribution < -0.4 is 5.32 Å². The number of hydrogen-bond acceptors (Lipinski definition) is 3. The molecule has 0 aliphatic rings. The molecule has 0 heterocycles. The van der Waals surface area contributed by atoms with Gasteiger partial charge < -0.3 is 10.1 Å². The molecule has 0 saturated heterocycles. The van der Waals surface area contributed by atoms with E-state index in [4.69, 9.17) is 4.74 Å². The maximum absolute atomic E-state index is 10.9. The highest BCUT2D eigenvalue weighted by Gasteiger charge is 2.02. The van der Waals surface area contributed by atoms with E-state index in [1.54, 1.807) is 0 Å². The van der Waals surface area contributed by atoms with E-state index in [0.29, 0.717) is 19.8 Å². The second-order valence-corrected chi connectivity index (χ2v) is 3.24. The first-order chi connectivity index (χ1) is 6.52. The largest absolute Gasteiger partial charge is 0.375 e. The van der Waals surface area contributed by atoms with Gasteiger partial charge in [0.15, 0.2) is 0 Å². The molecule has 0 aromatic heterocycles. The lowest BCUT2D eigenvalue weighted by atomic mass is 10.3. The number of ketones is 1. The number of nitrogens with one attached hydrogen (secondary N) is 1. The van der Waals surface area contributed by atoms with Gasteiger partial charge in [-0.1, -0.05) is 12.2 Å². The highest BCUT2D eigenvalue weighted by Crippen LogP contribution is 1.87. The minimum atomic E-state index is -0.253. The van der Waals surface area contributed by atoms with Crippen molar-refractivity contribution < 1.29 is 14.3 Å². The van der Waals surface area contributed by atoms with Crippen molar-refractivity contribution in [2.24, 2.45) is 0 Å². The number of amides is 1. The molecule has 0 saturated carbocycles. The molecule has 0 fully saturated rings. The average Bonchev–Trinajstić information content (AvgIpc) is 2.01. The second-order valence-electron chi connectivity index (χ2n) is 3.24. The van der Waals surface area contributed by atoms with Crippen LogP contribution in [0, 0.1) is 0 Å². The average molecular weight is 199 g/mol. The summed E-state index contributed by atoms with van der Waals surface area (Å²) in [6, 6.07) is 0. The van der Waals surface area contributed by atoms with Crippen LogP contribution in [0.25, 0.3) is 0 Å². The van der Waals surface area contributed by atoms with E-state index in [2.05, 4.69) is 11.9 Å². The number of ether oxygens (including phenoxy) is 1. The summed E-state index contributed by atoms with van der Waals surface area (Å²) in [5.41, 5.74) is 0.945. The highest BCUT2D eigenvalue weighted by atomic mass is 16.5. The quantitative estimate of drug-likeness (QED) is 0.372. The molecule has 80 valence electrons. The Morgan fingerprint density at radius 1 is 1.36 bits per heavy atom. The lowest BCUT2D eigenvalue weighted by Gasteiger charge is -2.05. The van der Waals surface area contributed by atoms with Crippen molar-refractivity contribution in [1.29, 1.82) is 0 Å². The third kappa shape index (κ3) is 8.93. The van der Waals surface area contributed by atoms with Crippen molar-refractivity contribution in [3.8, 4) is 0 Å². The molecular formula is C10H17NO3. The van der Waals surface area contributed by atoms with Crippen molar-refractivity contribution in [1.82, 2.24) is 5.32 Å². The van der Waals surface area contributed by atoms with Crippen LogP contribution in [0.15, 0.2) is 12.2 Å². The standard InChI is InChI=1S/C10H17NO3/c1-8(2)7-14-5-4-11-10(13)6-9(3)12/h1,4-7H2,2-3H3,(H,11,13). The molecule has 1 N–H and O–H groups in total. The van der Waals surface area contributed by atoms with E-state index in [9.17, 15) is 9.59 Å². The summed E-state index contributed by atoms with van der Waals surface area (Å²) >= 11 is 0. The van der Waals surface area contributed by atoms with Gasteiger partial charge in [-0.25, -0.2) is 0 Å². The van der Waals surface area contributed by atoms with Crippen molar-refractivity contribution in [3.63, 3.8) is 0 Å². The van der Waals surface area contributed by atoms with Gasteiger partial charge in [0.25, 0.3) is 0 Å². The minimum absolute atomic E-state index is 0.0551. The number of hydrogen-bond donors (Lipinski definition) is 1. The third-order valence-electron chi connectivity index (χ3n) is 1.33. The van der Waals surface area contributed by atoms with Crippen molar-refractivity contribution in [2.75, 3.05) is 19.8 Å². The fourth-order valence-electron chi connectivity index (χ4n) is 0.798. The molecule has 0 spiro atoms. The first kappa shape index (κ1) is 12.8. The molecule has 4 nitrogen and oxygen atoms in total. The zero-order chi connectivity index (χ0) is 11.0. The first-order valence-electron chi connectivity index (χ1n) is 4.50. The Morgan fingerprint density at radius 2 is 2.00 bits per heavy atom. The number of carbonyl (C=O) groups is 2. The minimum Gasteiger partial charge on any atom is -0.375 e. The van der Waals surface area contributed by atoms with Gasteiger partial charge in [0.05, 0.1) is 19.6 Å². The molecule has 0 aromatic rings. The van der Waals surface area contributed by atoms with Gasteiger partial charge in [-0.05, 0) is 13.8 Å². The Hall–Kier alpha value is -1.16. The van der Waals surface area contributed by atoms with E-state index < -0.39 is 0 Å². The van der Waals surface area contributed by atoms with Gasteiger partial charge in [-0.3, -0.25) is 9.59 Å². The molecule has 14 heavy (non-hydrogen) atoms. The van der Waals surface area contributed by atoms with Crippen molar-refractivity contribution in [2.45, 2.75) is 20.3 Å². The molecular weight excluding hydrogens is 182 g/mol. The molecule has 0 rings (SSSR count). The summed E-state index contributed by atoms with van der Waals surface area (Å²) in [6.07, 6.45) is -0.0551. The van der Waals surface area contributed by atoms with Crippen molar-refractivity contribution in [3.05, 3.63) is 12.2 Å². The van der Waals surface area contributed by atoms with Gasteiger partial charge in [-0.15, -0.1) is 0 Å². The van der Waals surface area contributed by atoms with Crippen LogP contribution in [0.5, 0.6) is 0 Å². The Balaban J connectivity index is 3.32. The van der Waals surface area contributed by atoms with E-state index >= 15 is 0 Å². The maximum atomic E-state index is 10.9. The molecule has 0 aliphatic heterocycles. The molecule has 0 radical (unpaired) electrons. The summed E-state index contributed by atoms with van der Waals surface area (Å²) in [7, 11) is 0. The van der Waals surface area contributed by atoms with E-state index in [-0.39, 0.29) is 18.1 Å². The zero-order valence-electron chi connectivity index (χ0n) is 8.76. The third-order valence-corrected chi connectivity index (χ3v) is 1.33. The van der Waals surface area contributed by atoms with Crippen LogP contribution in [0.2, 0.25) is 0 Å². The Labute approximate surface area is 84.3 Å².